The van der Waals surface area contributed by atoms with Crippen LogP contribution in [0.4, 0.5) is 5.69 Å². The third-order valence-electron chi connectivity index (χ3n) is 2.45. The highest BCUT2D eigenvalue weighted by molar-refractivity contribution is 6.29. The molecule has 2 N–H and O–H groups in total. The third-order valence-corrected chi connectivity index (χ3v) is 2.63. The van der Waals surface area contributed by atoms with Gasteiger partial charge in [-0.2, -0.15) is 10.2 Å². The minimum Gasteiger partial charge on any atom is -0.399 e. The third kappa shape index (κ3) is 1.70. The summed E-state index contributed by atoms with van der Waals surface area (Å²) in [5.74, 6) is 0. The Kier molecular flexibility index (Phi) is 2.19. The lowest BCUT2D eigenvalue weighted by Crippen LogP contribution is -1.98. The molecule has 84 valence electrons. The number of fused-ring (bicyclic) bond motifs is 1. The van der Waals surface area contributed by atoms with Crippen LogP contribution in [0, 0.1) is 0 Å². The summed E-state index contributed by atoms with van der Waals surface area (Å²) in [5.41, 5.74) is 8.12. The number of hydrogen-bond acceptors (Lipinski definition) is 4. The fraction of sp³-hybridized carbons (Fsp3) is 0. The second-order valence-electron chi connectivity index (χ2n) is 3.61. The van der Waals surface area contributed by atoms with Crippen LogP contribution in [0.5, 0.6) is 0 Å². The van der Waals surface area contributed by atoms with E-state index in [-0.39, 0.29) is 0 Å². The zero-order valence-corrected chi connectivity index (χ0v) is 9.46. The first-order chi connectivity index (χ1) is 8.24. The zero-order chi connectivity index (χ0) is 11.8. The quantitative estimate of drug-likeness (QED) is 0.666. The minimum atomic E-state index is 0.329. The van der Waals surface area contributed by atoms with Gasteiger partial charge in [0, 0.05) is 17.1 Å². The molecular weight excluding hydrogens is 238 g/mol. The number of anilines is 1. The standard InChI is InChI=1S/C11H8ClN5/c12-11-4-9(6-14-16-11)17-10-3-8(13)2-1-7(10)5-15-17/h1-6H,13H2. The molecule has 3 rings (SSSR count). The molecule has 0 saturated heterocycles. The fourth-order valence-corrected chi connectivity index (χ4v) is 1.84. The van der Waals surface area contributed by atoms with Gasteiger partial charge in [0.25, 0.3) is 0 Å². The van der Waals surface area contributed by atoms with E-state index in [0.29, 0.717) is 10.8 Å². The van der Waals surface area contributed by atoms with E-state index in [4.69, 9.17) is 17.3 Å². The second-order valence-corrected chi connectivity index (χ2v) is 4.00. The first kappa shape index (κ1) is 10.0. The highest BCUT2D eigenvalue weighted by Crippen LogP contribution is 2.20. The van der Waals surface area contributed by atoms with Crippen LogP contribution in [0.1, 0.15) is 0 Å². The highest BCUT2D eigenvalue weighted by atomic mass is 35.5. The van der Waals surface area contributed by atoms with Crippen LogP contribution in [-0.2, 0) is 0 Å². The van der Waals surface area contributed by atoms with E-state index in [1.54, 1.807) is 23.1 Å². The first-order valence-corrected chi connectivity index (χ1v) is 5.34. The highest BCUT2D eigenvalue weighted by Gasteiger charge is 2.06. The molecular formula is C11H8ClN5. The maximum atomic E-state index is 5.80. The summed E-state index contributed by atoms with van der Waals surface area (Å²) >= 11 is 5.80. The molecule has 0 fully saturated rings. The van der Waals surface area contributed by atoms with Gasteiger partial charge in [-0.3, -0.25) is 0 Å². The van der Waals surface area contributed by atoms with Crippen LogP contribution < -0.4 is 5.73 Å². The van der Waals surface area contributed by atoms with Gasteiger partial charge >= 0.3 is 0 Å². The van der Waals surface area contributed by atoms with Gasteiger partial charge in [0.2, 0.25) is 0 Å². The van der Waals surface area contributed by atoms with Gasteiger partial charge in [0.1, 0.15) is 0 Å². The number of hydrogen-bond donors (Lipinski definition) is 1. The van der Waals surface area contributed by atoms with Crippen molar-refractivity contribution in [2.45, 2.75) is 0 Å². The molecule has 3 aromatic rings. The van der Waals surface area contributed by atoms with Crippen molar-refractivity contribution in [1.82, 2.24) is 20.0 Å². The molecule has 1 aromatic carbocycles. The van der Waals surface area contributed by atoms with Crippen molar-refractivity contribution in [3.05, 3.63) is 41.8 Å². The van der Waals surface area contributed by atoms with Crippen molar-refractivity contribution in [3.63, 3.8) is 0 Å². The molecule has 6 heteroatoms. The largest absolute Gasteiger partial charge is 0.399 e. The van der Waals surface area contributed by atoms with Crippen molar-refractivity contribution in [2.75, 3.05) is 5.73 Å². The summed E-state index contributed by atoms with van der Waals surface area (Å²) in [4.78, 5) is 0. The van der Waals surface area contributed by atoms with Gasteiger partial charge in [-0.05, 0) is 18.2 Å². The summed E-state index contributed by atoms with van der Waals surface area (Å²) in [6.45, 7) is 0. The molecule has 0 saturated carbocycles. The number of nitrogens with two attached hydrogens (primary N) is 1. The SMILES string of the molecule is Nc1ccc2cnn(-c3cnnc(Cl)c3)c2c1. The Morgan fingerprint density at radius 3 is 2.88 bits per heavy atom. The molecule has 0 aliphatic rings. The lowest BCUT2D eigenvalue weighted by molar-refractivity contribution is 0.885. The molecule has 5 nitrogen and oxygen atoms in total. The van der Waals surface area contributed by atoms with Gasteiger partial charge < -0.3 is 5.73 Å². The number of nitrogen functional groups attached to an aromatic ring is 1. The minimum absolute atomic E-state index is 0.329. The van der Waals surface area contributed by atoms with E-state index in [2.05, 4.69) is 15.3 Å². The molecule has 0 radical (unpaired) electrons. The topological polar surface area (TPSA) is 69.6 Å². The number of halogens is 1. The lowest BCUT2D eigenvalue weighted by Gasteiger charge is -2.03. The summed E-state index contributed by atoms with van der Waals surface area (Å²) < 4.78 is 1.73. The van der Waals surface area contributed by atoms with Crippen molar-refractivity contribution >= 4 is 28.2 Å². The molecule has 0 atom stereocenters. The van der Waals surface area contributed by atoms with Gasteiger partial charge in [-0.25, -0.2) is 4.68 Å². The predicted molar refractivity (Wildman–Crippen MR) is 66.1 cm³/mol. The monoisotopic (exact) mass is 245 g/mol. The van der Waals surface area contributed by atoms with Gasteiger partial charge in [0.15, 0.2) is 5.15 Å². The Labute approximate surface area is 102 Å². The summed E-state index contributed by atoms with van der Waals surface area (Å²) in [6.07, 6.45) is 3.37. The van der Waals surface area contributed by atoms with E-state index in [0.717, 1.165) is 16.6 Å². The van der Waals surface area contributed by atoms with Crippen molar-refractivity contribution < 1.29 is 0 Å². The molecule has 0 aliphatic carbocycles. The number of benzene rings is 1. The van der Waals surface area contributed by atoms with Crippen LogP contribution in [-0.4, -0.2) is 20.0 Å². The van der Waals surface area contributed by atoms with Gasteiger partial charge in [-0.1, -0.05) is 11.6 Å². The van der Waals surface area contributed by atoms with E-state index in [9.17, 15) is 0 Å². The number of rotatable bonds is 1. The Bertz CT molecular complexity index is 691. The summed E-state index contributed by atoms with van der Waals surface area (Å²) in [6, 6.07) is 7.32. The average molecular weight is 246 g/mol. The summed E-state index contributed by atoms with van der Waals surface area (Å²) in [7, 11) is 0. The van der Waals surface area contributed by atoms with Crippen LogP contribution in [0.3, 0.4) is 0 Å². The normalized spacial score (nSPS) is 10.9. The van der Waals surface area contributed by atoms with Crippen molar-refractivity contribution in [2.24, 2.45) is 0 Å². The lowest BCUT2D eigenvalue weighted by atomic mass is 10.2. The Morgan fingerprint density at radius 1 is 1.18 bits per heavy atom. The molecule has 0 bridgehead atoms. The van der Waals surface area contributed by atoms with E-state index < -0.39 is 0 Å². The molecule has 0 unspecified atom stereocenters. The molecule has 0 aliphatic heterocycles. The van der Waals surface area contributed by atoms with Crippen LogP contribution in [0.25, 0.3) is 16.6 Å². The Balaban J connectivity index is 2.27. The van der Waals surface area contributed by atoms with Crippen LogP contribution in [0.2, 0.25) is 5.15 Å². The summed E-state index contributed by atoms with van der Waals surface area (Å²) in [5, 5.41) is 13.1. The van der Waals surface area contributed by atoms with Crippen molar-refractivity contribution in [3.8, 4) is 5.69 Å². The van der Waals surface area contributed by atoms with Gasteiger partial charge in [0.05, 0.1) is 23.6 Å². The smallest absolute Gasteiger partial charge is 0.153 e. The predicted octanol–water partition coefficient (Wildman–Crippen LogP) is 2.05. The van der Waals surface area contributed by atoms with Gasteiger partial charge in [-0.15, -0.1) is 5.10 Å². The van der Waals surface area contributed by atoms with Crippen molar-refractivity contribution in [1.29, 1.82) is 0 Å². The number of aromatic nitrogens is 4. The first-order valence-electron chi connectivity index (χ1n) is 4.96. The maximum Gasteiger partial charge on any atom is 0.153 e. The Hall–Kier alpha value is -2.14. The van der Waals surface area contributed by atoms with Crippen LogP contribution >= 0.6 is 11.6 Å². The molecule has 0 spiro atoms. The van der Waals surface area contributed by atoms with E-state index in [1.165, 1.54) is 0 Å². The average Bonchev–Trinajstić information content (AvgIpc) is 2.71. The zero-order valence-electron chi connectivity index (χ0n) is 8.71. The fourth-order valence-electron chi connectivity index (χ4n) is 1.69. The molecule has 2 heterocycles. The molecule has 0 amide bonds. The van der Waals surface area contributed by atoms with E-state index in [1.807, 2.05) is 18.2 Å². The second kappa shape index (κ2) is 3.71. The Morgan fingerprint density at radius 2 is 2.06 bits per heavy atom. The maximum absolute atomic E-state index is 5.80. The van der Waals surface area contributed by atoms with Crippen LogP contribution in [0.15, 0.2) is 36.7 Å². The van der Waals surface area contributed by atoms with E-state index >= 15 is 0 Å². The molecule has 2 aromatic heterocycles. The molecule has 17 heavy (non-hydrogen) atoms. The number of nitrogens with zero attached hydrogens (tertiary/aromatic N) is 4.